The number of nitrogens with zero attached hydrogens (tertiary/aromatic N) is 1. The molecule has 12 heavy (non-hydrogen) atoms. The summed E-state index contributed by atoms with van der Waals surface area (Å²) < 4.78 is 4.41. The SMILES string of the molecule is C=C(C(=O)OC)N(C)NC(N)=S. The summed E-state index contributed by atoms with van der Waals surface area (Å²) in [6, 6.07) is 0. The van der Waals surface area contributed by atoms with Crippen LogP contribution in [0.1, 0.15) is 0 Å². The summed E-state index contributed by atoms with van der Waals surface area (Å²) >= 11 is 4.55. The molecule has 0 aromatic rings. The highest BCUT2D eigenvalue weighted by Crippen LogP contribution is 1.95. The Morgan fingerprint density at radius 1 is 1.75 bits per heavy atom. The van der Waals surface area contributed by atoms with E-state index in [1.165, 1.54) is 12.1 Å². The van der Waals surface area contributed by atoms with Crippen molar-refractivity contribution in [1.29, 1.82) is 0 Å². The lowest BCUT2D eigenvalue weighted by Crippen LogP contribution is -2.43. The fourth-order valence-corrected chi connectivity index (χ4v) is 0.624. The van der Waals surface area contributed by atoms with Crippen LogP contribution in [0.4, 0.5) is 0 Å². The van der Waals surface area contributed by atoms with Gasteiger partial charge in [0.2, 0.25) is 0 Å². The maximum atomic E-state index is 10.8. The third-order valence-corrected chi connectivity index (χ3v) is 1.20. The van der Waals surface area contributed by atoms with Crippen LogP contribution in [0, 0.1) is 0 Å². The normalized spacial score (nSPS) is 8.50. The van der Waals surface area contributed by atoms with Crippen molar-refractivity contribution in [3.8, 4) is 0 Å². The van der Waals surface area contributed by atoms with Gasteiger partial charge in [-0.25, -0.2) is 4.79 Å². The van der Waals surface area contributed by atoms with Crippen LogP contribution < -0.4 is 11.2 Å². The zero-order valence-electron chi connectivity index (χ0n) is 6.96. The molecule has 0 aromatic carbocycles. The van der Waals surface area contributed by atoms with Crippen molar-refractivity contribution < 1.29 is 9.53 Å². The second kappa shape index (κ2) is 4.55. The molecule has 6 heteroatoms. The number of nitrogens with one attached hydrogen (secondary N) is 1. The molecular formula is C6H11N3O2S. The quantitative estimate of drug-likeness (QED) is 0.266. The van der Waals surface area contributed by atoms with Gasteiger partial charge in [0.15, 0.2) is 5.11 Å². The summed E-state index contributed by atoms with van der Waals surface area (Å²) in [4.78, 5) is 10.8. The third-order valence-electron chi connectivity index (χ3n) is 1.10. The predicted molar refractivity (Wildman–Crippen MR) is 48.8 cm³/mol. The number of nitrogens with two attached hydrogens (primary N) is 1. The number of rotatable bonds is 3. The number of carbonyl (C=O) groups is 1. The van der Waals surface area contributed by atoms with Gasteiger partial charge in [-0.05, 0) is 12.2 Å². The van der Waals surface area contributed by atoms with Gasteiger partial charge in [0.05, 0.1) is 7.11 Å². The average Bonchev–Trinajstić information content (AvgIpc) is 2.00. The Morgan fingerprint density at radius 2 is 2.25 bits per heavy atom. The number of hydrogen-bond acceptors (Lipinski definition) is 4. The highest BCUT2D eigenvalue weighted by Gasteiger charge is 2.11. The monoisotopic (exact) mass is 189 g/mol. The van der Waals surface area contributed by atoms with Gasteiger partial charge in [-0.1, -0.05) is 6.58 Å². The maximum Gasteiger partial charge on any atom is 0.355 e. The standard InChI is InChI=1S/C6H11N3O2S/c1-4(5(10)11-3)9(2)8-6(7)12/h1H2,2-3H3,(H3,7,8,12). The number of carbonyl (C=O) groups excluding carboxylic acids is 1. The van der Waals surface area contributed by atoms with Crippen molar-refractivity contribution in [3.63, 3.8) is 0 Å². The summed E-state index contributed by atoms with van der Waals surface area (Å²) in [6.07, 6.45) is 0. The van der Waals surface area contributed by atoms with Gasteiger partial charge in [0.1, 0.15) is 5.70 Å². The van der Waals surface area contributed by atoms with E-state index in [1.807, 2.05) is 0 Å². The van der Waals surface area contributed by atoms with E-state index in [1.54, 1.807) is 7.05 Å². The number of hydrogen-bond donors (Lipinski definition) is 2. The largest absolute Gasteiger partial charge is 0.464 e. The number of esters is 1. The van der Waals surface area contributed by atoms with Crippen LogP contribution in [-0.2, 0) is 9.53 Å². The van der Waals surface area contributed by atoms with Crippen LogP contribution in [-0.4, -0.2) is 30.2 Å². The summed E-state index contributed by atoms with van der Waals surface area (Å²) in [6.45, 7) is 3.45. The Bertz CT molecular complexity index is 217. The van der Waals surface area contributed by atoms with E-state index in [4.69, 9.17) is 5.73 Å². The highest BCUT2D eigenvalue weighted by atomic mass is 32.1. The molecule has 0 rings (SSSR count). The Balaban J connectivity index is 4.10. The zero-order chi connectivity index (χ0) is 9.72. The van der Waals surface area contributed by atoms with Crippen LogP contribution in [0.2, 0.25) is 0 Å². The molecule has 0 aliphatic carbocycles. The molecule has 0 atom stereocenters. The highest BCUT2D eigenvalue weighted by molar-refractivity contribution is 7.80. The molecule has 0 unspecified atom stereocenters. The van der Waals surface area contributed by atoms with Crippen LogP contribution in [0.3, 0.4) is 0 Å². The van der Waals surface area contributed by atoms with Crippen molar-refractivity contribution in [1.82, 2.24) is 10.4 Å². The van der Waals surface area contributed by atoms with Crippen molar-refractivity contribution in [2.75, 3.05) is 14.2 Å². The second-order valence-electron chi connectivity index (χ2n) is 1.97. The lowest BCUT2D eigenvalue weighted by Gasteiger charge is -2.20. The Hall–Kier alpha value is -1.30. The molecule has 0 spiro atoms. The molecule has 0 aromatic heterocycles. The minimum absolute atomic E-state index is 0.0579. The molecule has 5 nitrogen and oxygen atoms in total. The molecule has 0 radical (unpaired) electrons. The molecule has 0 aliphatic heterocycles. The first-order valence-corrected chi connectivity index (χ1v) is 3.47. The summed E-state index contributed by atoms with van der Waals surface area (Å²) in [5.74, 6) is -0.541. The van der Waals surface area contributed by atoms with Crippen LogP contribution in [0.25, 0.3) is 0 Å². The van der Waals surface area contributed by atoms with Crippen LogP contribution in [0.5, 0.6) is 0 Å². The maximum absolute atomic E-state index is 10.8. The molecule has 0 heterocycles. The Morgan fingerprint density at radius 3 is 2.58 bits per heavy atom. The van der Waals surface area contributed by atoms with E-state index < -0.39 is 5.97 Å². The van der Waals surface area contributed by atoms with Crippen molar-refractivity contribution in [3.05, 3.63) is 12.3 Å². The first-order valence-electron chi connectivity index (χ1n) is 3.06. The summed E-state index contributed by atoms with van der Waals surface area (Å²) in [7, 11) is 2.82. The lowest BCUT2D eigenvalue weighted by molar-refractivity contribution is -0.137. The summed E-state index contributed by atoms with van der Waals surface area (Å²) in [5.41, 5.74) is 7.79. The van der Waals surface area contributed by atoms with Crippen LogP contribution >= 0.6 is 12.2 Å². The van der Waals surface area contributed by atoms with E-state index in [0.29, 0.717) is 0 Å². The fraction of sp³-hybridized carbons (Fsp3) is 0.333. The molecule has 0 aliphatic rings. The van der Waals surface area contributed by atoms with E-state index in [0.717, 1.165) is 0 Å². The van der Waals surface area contributed by atoms with Gasteiger partial charge >= 0.3 is 5.97 Å². The molecule has 0 bridgehead atoms. The number of methoxy groups -OCH3 is 1. The predicted octanol–water partition coefficient (Wildman–Crippen LogP) is -0.647. The van der Waals surface area contributed by atoms with E-state index in [-0.39, 0.29) is 10.8 Å². The second-order valence-corrected chi connectivity index (χ2v) is 2.41. The van der Waals surface area contributed by atoms with Crippen molar-refractivity contribution in [2.45, 2.75) is 0 Å². The molecule has 0 saturated heterocycles. The van der Waals surface area contributed by atoms with E-state index >= 15 is 0 Å². The first-order chi connectivity index (χ1) is 5.49. The first kappa shape index (κ1) is 10.7. The number of ether oxygens (including phenoxy) is 1. The Labute approximate surface area is 76.1 Å². The topological polar surface area (TPSA) is 67.6 Å². The minimum atomic E-state index is -0.541. The van der Waals surface area contributed by atoms with Crippen molar-refractivity contribution >= 4 is 23.3 Å². The van der Waals surface area contributed by atoms with Gasteiger partial charge in [0.25, 0.3) is 0 Å². The molecule has 0 saturated carbocycles. The summed E-state index contributed by atoms with van der Waals surface area (Å²) in [5, 5.41) is 1.34. The molecule has 0 amide bonds. The Kier molecular flexibility index (Phi) is 4.06. The van der Waals surface area contributed by atoms with E-state index in [2.05, 4.69) is 29.0 Å². The van der Waals surface area contributed by atoms with Crippen molar-refractivity contribution in [2.24, 2.45) is 5.73 Å². The molecule has 0 fully saturated rings. The van der Waals surface area contributed by atoms with Gasteiger partial charge < -0.3 is 10.5 Å². The van der Waals surface area contributed by atoms with E-state index in [9.17, 15) is 4.79 Å². The number of thiocarbonyl (C=S) groups is 1. The molecule has 3 N–H and O–H groups in total. The number of hydrazine groups is 1. The zero-order valence-corrected chi connectivity index (χ0v) is 7.77. The number of likely N-dealkylation sites (N-methyl/N-ethyl adjacent to an activating group) is 1. The molecule has 68 valence electrons. The smallest absolute Gasteiger partial charge is 0.355 e. The van der Waals surface area contributed by atoms with Gasteiger partial charge in [0, 0.05) is 7.05 Å². The van der Waals surface area contributed by atoms with Crippen LogP contribution in [0.15, 0.2) is 12.3 Å². The molecular weight excluding hydrogens is 178 g/mol. The van der Waals surface area contributed by atoms with Gasteiger partial charge in [-0.3, -0.25) is 10.4 Å². The average molecular weight is 189 g/mol. The minimum Gasteiger partial charge on any atom is -0.464 e. The van der Waals surface area contributed by atoms with Gasteiger partial charge in [-0.2, -0.15) is 0 Å². The fourth-order valence-electron chi connectivity index (χ4n) is 0.488. The third kappa shape index (κ3) is 3.20. The van der Waals surface area contributed by atoms with Gasteiger partial charge in [-0.15, -0.1) is 0 Å². The lowest BCUT2D eigenvalue weighted by atomic mass is 10.5.